The Balaban J connectivity index is 1.19. The van der Waals surface area contributed by atoms with Crippen LogP contribution in [0.15, 0.2) is 66.4 Å². The number of amides is 1. The minimum Gasteiger partial charge on any atom is -0.353 e. The molecule has 0 bridgehead atoms. The molecule has 0 atom stereocenters. The topological polar surface area (TPSA) is 112 Å². The molecule has 1 fully saturated rings. The standard InChI is InChI=1S/C30H27N7OS/c38-27(13-18-5-2-1-3-6-18)33-20-14-19(16-31-17-20)22-8-9-24-29(35-22)30(37-36-24)25-15-21-23(34-25)10-11-32-28(21)26-7-4-12-39-26/h4,7-12,14-18,34H,1-3,5-6,13H2,(H,33,38)(H,36,37). The summed E-state index contributed by atoms with van der Waals surface area (Å²) < 4.78 is 0. The zero-order chi connectivity index (χ0) is 26.2. The molecule has 6 aromatic heterocycles. The monoisotopic (exact) mass is 533 g/mol. The smallest absolute Gasteiger partial charge is 0.224 e. The van der Waals surface area contributed by atoms with E-state index in [4.69, 9.17) is 4.98 Å². The number of carbonyl (C=O) groups is 1. The van der Waals surface area contributed by atoms with Crippen molar-refractivity contribution < 1.29 is 4.79 Å². The Morgan fingerprint density at radius 3 is 2.82 bits per heavy atom. The van der Waals surface area contributed by atoms with Crippen LogP contribution in [0.25, 0.3) is 55.2 Å². The number of aromatic nitrogens is 6. The van der Waals surface area contributed by atoms with Gasteiger partial charge in [0.2, 0.25) is 5.91 Å². The Morgan fingerprint density at radius 2 is 1.95 bits per heavy atom. The van der Waals surface area contributed by atoms with Gasteiger partial charge in [0.25, 0.3) is 0 Å². The number of nitrogens with one attached hydrogen (secondary N) is 3. The van der Waals surface area contributed by atoms with Crippen molar-refractivity contribution >= 4 is 44.9 Å². The third-order valence-corrected chi connectivity index (χ3v) is 8.36. The normalized spacial score (nSPS) is 14.3. The Kier molecular flexibility index (Phi) is 6.13. The van der Waals surface area contributed by atoms with Crippen LogP contribution < -0.4 is 5.32 Å². The van der Waals surface area contributed by atoms with Gasteiger partial charge in [-0.2, -0.15) is 5.10 Å². The number of anilines is 1. The van der Waals surface area contributed by atoms with Gasteiger partial charge in [-0.15, -0.1) is 11.3 Å². The summed E-state index contributed by atoms with van der Waals surface area (Å²) in [5.41, 5.74) is 7.44. The zero-order valence-electron chi connectivity index (χ0n) is 21.3. The molecule has 1 aliphatic rings. The first-order valence-electron chi connectivity index (χ1n) is 13.3. The lowest BCUT2D eigenvalue weighted by atomic mass is 9.87. The van der Waals surface area contributed by atoms with E-state index in [2.05, 4.69) is 48.0 Å². The second-order valence-electron chi connectivity index (χ2n) is 10.2. The number of H-pyrrole nitrogens is 2. The maximum absolute atomic E-state index is 12.7. The number of pyridine rings is 3. The highest BCUT2D eigenvalue weighted by Crippen LogP contribution is 2.34. The summed E-state index contributed by atoms with van der Waals surface area (Å²) in [6, 6.07) is 14.0. The first-order chi connectivity index (χ1) is 19.2. The largest absolute Gasteiger partial charge is 0.353 e. The molecule has 8 nitrogen and oxygen atoms in total. The van der Waals surface area contributed by atoms with Crippen molar-refractivity contribution in [3.63, 3.8) is 0 Å². The molecule has 0 spiro atoms. The van der Waals surface area contributed by atoms with E-state index in [1.807, 2.05) is 36.5 Å². The van der Waals surface area contributed by atoms with E-state index in [-0.39, 0.29) is 5.91 Å². The Bertz CT molecular complexity index is 1780. The average Bonchev–Trinajstić information content (AvgIpc) is 3.73. The summed E-state index contributed by atoms with van der Waals surface area (Å²) >= 11 is 1.67. The van der Waals surface area contributed by atoms with Crippen LogP contribution in [0.1, 0.15) is 38.5 Å². The number of aromatic amines is 2. The zero-order valence-corrected chi connectivity index (χ0v) is 22.1. The first-order valence-corrected chi connectivity index (χ1v) is 14.2. The van der Waals surface area contributed by atoms with Crippen molar-refractivity contribution in [2.24, 2.45) is 5.92 Å². The molecular formula is C30H27N7OS. The van der Waals surface area contributed by atoms with Gasteiger partial charge in [0.1, 0.15) is 11.2 Å². The molecular weight excluding hydrogens is 506 g/mol. The van der Waals surface area contributed by atoms with Crippen molar-refractivity contribution in [3.8, 4) is 33.2 Å². The fraction of sp³-hybridized carbons (Fsp3) is 0.233. The molecule has 9 heteroatoms. The van der Waals surface area contributed by atoms with Crippen LogP contribution in [0, 0.1) is 5.92 Å². The van der Waals surface area contributed by atoms with Gasteiger partial charge in [-0.3, -0.25) is 19.9 Å². The predicted octanol–water partition coefficient (Wildman–Crippen LogP) is 7.20. The van der Waals surface area contributed by atoms with Crippen LogP contribution in [-0.4, -0.2) is 36.0 Å². The van der Waals surface area contributed by atoms with Gasteiger partial charge in [-0.25, -0.2) is 4.98 Å². The quantitative estimate of drug-likeness (QED) is 0.210. The molecule has 194 valence electrons. The molecule has 0 saturated heterocycles. The fourth-order valence-electron chi connectivity index (χ4n) is 5.55. The van der Waals surface area contributed by atoms with Gasteiger partial charge in [0.05, 0.1) is 39.4 Å². The van der Waals surface area contributed by atoms with Crippen molar-refractivity contribution in [3.05, 3.63) is 66.4 Å². The third kappa shape index (κ3) is 4.70. The van der Waals surface area contributed by atoms with E-state index in [9.17, 15) is 4.79 Å². The highest BCUT2D eigenvalue weighted by Gasteiger charge is 2.18. The van der Waals surface area contributed by atoms with E-state index in [0.29, 0.717) is 18.0 Å². The van der Waals surface area contributed by atoms with Crippen LogP contribution in [0.2, 0.25) is 0 Å². The molecule has 7 rings (SSSR count). The molecule has 0 radical (unpaired) electrons. The van der Waals surface area contributed by atoms with Crippen LogP contribution in [0.4, 0.5) is 5.69 Å². The number of rotatable bonds is 6. The molecule has 6 aromatic rings. The SMILES string of the molecule is O=C(CC1CCCCC1)Nc1cncc(-c2ccc3[nH]nc(-c4cc5c(-c6cccs6)nccc5[nH]4)c3n2)c1. The van der Waals surface area contributed by atoms with Crippen LogP contribution in [0.3, 0.4) is 0 Å². The number of thiophene rings is 1. The third-order valence-electron chi connectivity index (χ3n) is 7.48. The summed E-state index contributed by atoms with van der Waals surface area (Å²) in [6.07, 6.45) is 11.9. The number of carbonyl (C=O) groups excluding carboxylic acids is 1. The van der Waals surface area contributed by atoms with Gasteiger partial charge < -0.3 is 10.3 Å². The molecule has 1 saturated carbocycles. The van der Waals surface area contributed by atoms with E-state index in [1.54, 1.807) is 23.7 Å². The minimum atomic E-state index is 0.0524. The lowest BCUT2D eigenvalue weighted by Crippen LogP contribution is -2.18. The lowest BCUT2D eigenvalue weighted by Gasteiger charge is -2.20. The predicted molar refractivity (Wildman–Crippen MR) is 155 cm³/mol. The molecule has 39 heavy (non-hydrogen) atoms. The number of fused-ring (bicyclic) bond motifs is 2. The summed E-state index contributed by atoms with van der Waals surface area (Å²) in [5.74, 6) is 0.539. The highest BCUT2D eigenvalue weighted by molar-refractivity contribution is 7.13. The molecule has 0 aliphatic heterocycles. The highest BCUT2D eigenvalue weighted by atomic mass is 32.1. The maximum atomic E-state index is 12.7. The molecule has 6 heterocycles. The number of hydrogen-bond donors (Lipinski definition) is 3. The van der Waals surface area contributed by atoms with Crippen LogP contribution in [0.5, 0.6) is 0 Å². The van der Waals surface area contributed by atoms with Crippen molar-refractivity contribution in [2.75, 3.05) is 5.32 Å². The van der Waals surface area contributed by atoms with Crippen molar-refractivity contribution in [1.82, 2.24) is 30.1 Å². The summed E-state index contributed by atoms with van der Waals surface area (Å²) in [7, 11) is 0. The second-order valence-corrected chi connectivity index (χ2v) is 11.1. The number of nitrogens with zero attached hydrogens (tertiary/aromatic N) is 4. The van der Waals surface area contributed by atoms with Gasteiger partial charge in [-0.1, -0.05) is 25.3 Å². The van der Waals surface area contributed by atoms with Crippen LogP contribution in [-0.2, 0) is 4.79 Å². The Labute approximate surface area is 228 Å². The lowest BCUT2D eigenvalue weighted by molar-refractivity contribution is -0.117. The van der Waals surface area contributed by atoms with Gasteiger partial charge in [0.15, 0.2) is 0 Å². The summed E-state index contributed by atoms with van der Waals surface area (Å²) in [4.78, 5) is 31.3. The van der Waals surface area contributed by atoms with E-state index in [0.717, 1.165) is 68.0 Å². The van der Waals surface area contributed by atoms with Gasteiger partial charge in [-0.05, 0) is 60.5 Å². The second kappa shape index (κ2) is 10.1. The number of hydrogen-bond acceptors (Lipinski definition) is 6. The van der Waals surface area contributed by atoms with E-state index >= 15 is 0 Å². The summed E-state index contributed by atoms with van der Waals surface area (Å²) in [5, 5.41) is 13.8. The van der Waals surface area contributed by atoms with Gasteiger partial charge >= 0.3 is 0 Å². The molecule has 1 aliphatic carbocycles. The molecule has 0 aromatic carbocycles. The van der Waals surface area contributed by atoms with E-state index < -0.39 is 0 Å². The van der Waals surface area contributed by atoms with Crippen LogP contribution >= 0.6 is 11.3 Å². The van der Waals surface area contributed by atoms with Crippen molar-refractivity contribution in [1.29, 1.82) is 0 Å². The Hall–Kier alpha value is -4.37. The molecule has 0 unspecified atom stereocenters. The average molecular weight is 534 g/mol. The summed E-state index contributed by atoms with van der Waals surface area (Å²) in [6.45, 7) is 0. The van der Waals surface area contributed by atoms with Crippen molar-refractivity contribution in [2.45, 2.75) is 38.5 Å². The minimum absolute atomic E-state index is 0.0524. The Morgan fingerprint density at radius 1 is 1.03 bits per heavy atom. The fourth-order valence-corrected chi connectivity index (χ4v) is 6.29. The maximum Gasteiger partial charge on any atom is 0.224 e. The van der Waals surface area contributed by atoms with Gasteiger partial charge in [0, 0.05) is 35.3 Å². The first kappa shape index (κ1) is 23.7. The van der Waals surface area contributed by atoms with E-state index in [1.165, 1.54) is 19.3 Å². The molecule has 3 N–H and O–H groups in total. The molecule has 1 amide bonds.